The van der Waals surface area contributed by atoms with Crippen LogP contribution < -0.4 is 15.4 Å². The number of benzene rings is 9. The van der Waals surface area contributed by atoms with Gasteiger partial charge in [0.15, 0.2) is 5.75 Å². The zero-order valence-electron chi connectivity index (χ0n) is 54.3. The number of nitrogens with one attached hydrogen (secondary N) is 6. The highest BCUT2D eigenvalue weighted by atomic mass is 32.2. The minimum atomic E-state index is -5.02. The molecule has 2 amide bonds. The van der Waals surface area contributed by atoms with Gasteiger partial charge in [0.05, 0.1) is 55.5 Å². The fourth-order valence-electron chi connectivity index (χ4n) is 10.1. The van der Waals surface area contributed by atoms with Crippen molar-refractivity contribution in [2.45, 2.75) is 51.7 Å². The number of imidazole rings is 3. The minimum absolute atomic E-state index is 0.00566. The molecule has 3 heterocycles. The van der Waals surface area contributed by atoms with E-state index in [9.17, 15) is 83.9 Å². The topological polar surface area (TPSA) is 190 Å². The molecule has 0 fully saturated rings. The second-order valence-electron chi connectivity index (χ2n) is 24.2. The van der Waals surface area contributed by atoms with Crippen LogP contribution in [0.25, 0.3) is 103 Å². The second kappa shape index (κ2) is 30.1. The predicted octanol–water partition coefficient (Wildman–Crippen LogP) is 21.0. The van der Waals surface area contributed by atoms with Gasteiger partial charge < -0.3 is 25.6 Å². The molecule has 0 aliphatic carbocycles. The number of anilines is 3. The Labute approximate surface area is 582 Å². The molecule has 536 valence electrons. The van der Waals surface area contributed by atoms with Gasteiger partial charge in [-0.3, -0.25) is 14.3 Å². The second-order valence-corrected chi connectivity index (χ2v) is 25.9. The van der Waals surface area contributed by atoms with Crippen LogP contribution in [0.5, 0.6) is 0 Å². The molecule has 0 atom stereocenters. The summed E-state index contributed by atoms with van der Waals surface area (Å²) in [5.41, 5.74) is 7.21. The number of aromatic nitrogens is 6. The average Bonchev–Trinajstić information content (AvgIpc) is 1.46. The fraction of sp³-hybridized carbons (Fsp3) is 0.133. The van der Waals surface area contributed by atoms with E-state index in [4.69, 9.17) is 0 Å². The van der Waals surface area contributed by atoms with E-state index in [0.29, 0.717) is 78.5 Å². The van der Waals surface area contributed by atoms with Crippen LogP contribution in [-0.4, -0.2) is 68.2 Å². The van der Waals surface area contributed by atoms with E-state index in [1.54, 1.807) is 97.1 Å². The van der Waals surface area contributed by atoms with Crippen molar-refractivity contribution in [3.63, 3.8) is 0 Å². The van der Waals surface area contributed by atoms with E-state index < -0.39 is 74.7 Å². The van der Waals surface area contributed by atoms with E-state index in [1.165, 1.54) is 60.7 Å². The highest BCUT2D eigenvalue weighted by molar-refractivity contribution is 7.92. The maximum absolute atomic E-state index is 12.7. The fourth-order valence-corrected chi connectivity index (χ4v) is 11.2. The van der Waals surface area contributed by atoms with Gasteiger partial charge in [0.25, 0.3) is 0 Å². The SMILES string of the molecule is CC(C)(C)C(=O)Nc1ccccc1-c1ccc2nc(/C=C/c3ccc(C(F)(F)F)cc3)[nH]c2c1.O=C(Nc1ccccc1-c1ccc2nc(/C=C/c3ccc(C(F)(F)F)cc3)[nH]c2c1)C(F)(F)F.O=S(=O)(CC(F)(F)F)Nc1ccccc1-c1ccc2nc(/C=C/c3ccc(C(F)(F)F)cc3)[nH]c2c1. The number of sulfonamides is 1. The van der Waals surface area contributed by atoms with Gasteiger partial charge in [-0.25, -0.2) is 23.4 Å². The number of rotatable bonds is 14. The molecule has 0 radical (unpaired) electrons. The van der Waals surface area contributed by atoms with Gasteiger partial charge in [-0.2, -0.15) is 65.9 Å². The summed E-state index contributed by atoms with van der Waals surface area (Å²) in [6, 6.07) is 49.7. The molecule has 104 heavy (non-hydrogen) atoms. The number of H-pyrrole nitrogens is 3. The molecule has 13 nitrogen and oxygen atoms in total. The Morgan fingerprint density at radius 2 is 0.683 bits per heavy atom. The summed E-state index contributed by atoms with van der Waals surface area (Å²) in [4.78, 5) is 46.5. The maximum atomic E-state index is 12.7. The molecule has 12 rings (SSSR count). The number of aromatic amines is 3. The van der Waals surface area contributed by atoms with Crippen LogP contribution in [0.1, 0.15) is 71.6 Å². The lowest BCUT2D eigenvalue weighted by Crippen LogP contribution is -2.30. The number of carbonyl (C=O) groups excluding carboxylic acids is 2. The first-order chi connectivity index (χ1) is 48.8. The zero-order valence-corrected chi connectivity index (χ0v) is 55.1. The number of hydrogen-bond acceptors (Lipinski definition) is 7. The zero-order chi connectivity index (χ0) is 75.2. The van der Waals surface area contributed by atoms with Crippen LogP contribution in [0.4, 0.5) is 82.9 Å². The van der Waals surface area contributed by atoms with E-state index >= 15 is 0 Å². The molecule has 0 saturated carbocycles. The Morgan fingerprint density at radius 3 is 0.981 bits per heavy atom. The molecule has 12 aromatic rings. The monoisotopic (exact) mass is 1460 g/mol. The smallest absolute Gasteiger partial charge is 0.338 e. The lowest BCUT2D eigenvalue weighted by Gasteiger charge is -2.19. The van der Waals surface area contributed by atoms with Gasteiger partial charge in [0.2, 0.25) is 15.9 Å². The van der Waals surface area contributed by atoms with E-state index in [2.05, 4.69) is 35.2 Å². The third kappa shape index (κ3) is 19.9. The van der Waals surface area contributed by atoms with Gasteiger partial charge in [-0.1, -0.05) is 148 Å². The quantitative estimate of drug-likeness (QED) is 0.0584. The Hall–Kier alpha value is -11.8. The lowest BCUT2D eigenvalue weighted by atomic mass is 9.95. The molecule has 0 bridgehead atoms. The van der Waals surface area contributed by atoms with Crippen molar-refractivity contribution in [3.05, 3.63) is 251 Å². The largest absolute Gasteiger partial charge is 0.471 e. The first kappa shape index (κ1) is 74.9. The molecular weight excluding hydrogens is 1410 g/mol. The Kier molecular flexibility index (Phi) is 21.7. The molecule has 0 aliphatic rings. The van der Waals surface area contributed by atoms with Crippen molar-refractivity contribution in [2.24, 2.45) is 5.41 Å². The Balaban J connectivity index is 0.000000168. The average molecular weight is 1460 g/mol. The van der Waals surface area contributed by atoms with Crippen LogP contribution in [0.15, 0.2) is 200 Å². The van der Waals surface area contributed by atoms with Crippen molar-refractivity contribution in [2.75, 3.05) is 21.1 Å². The minimum Gasteiger partial charge on any atom is -0.338 e. The number of halogens is 15. The number of hydrogen-bond donors (Lipinski definition) is 6. The third-order valence-corrected chi connectivity index (χ3v) is 16.5. The molecule has 0 unspecified atom stereocenters. The molecule has 6 N–H and O–H groups in total. The van der Waals surface area contributed by atoms with Gasteiger partial charge in [0.1, 0.15) is 17.5 Å². The number of para-hydroxylation sites is 3. The van der Waals surface area contributed by atoms with Gasteiger partial charge >= 0.3 is 36.8 Å². The van der Waals surface area contributed by atoms with Crippen LogP contribution in [0.2, 0.25) is 0 Å². The Morgan fingerprint density at radius 1 is 0.385 bits per heavy atom. The highest BCUT2D eigenvalue weighted by Gasteiger charge is 2.39. The summed E-state index contributed by atoms with van der Waals surface area (Å²) in [6.45, 7) is 5.59. The molecule has 29 heteroatoms. The third-order valence-electron chi connectivity index (χ3n) is 15.3. The van der Waals surface area contributed by atoms with Crippen molar-refractivity contribution in [1.82, 2.24) is 29.9 Å². The van der Waals surface area contributed by atoms with Crippen LogP contribution in [0, 0.1) is 5.41 Å². The summed E-state index contributed by atoms with van der Waals surface area (Å²) < 4.78 is 216. The number of alkyl halides is 15. The highest BCUT2D eigenvalue weighted by Crippen LogP contribution is 2.37. The summed E-state index contributed by atoms with van der Waals surface area (Å²) in [5, 5.41) is 4.89. The molecule has 3 aromatic heterocycles. The molecule has 0 aliphatic heterocycles. The lowest BCUT2D eigenvalue weighted by molar-refractivity contribution is -0.167. The van der Waals surface area contributed by atoms with Gasteiger partial charge in [0, 0.05) is 33.5 Å². The van der Waals surface area contributed by atoms with Crippen molar-refractivity contribution in [1.29, 1.82) is 0 Å². The van der Waals surface area contributed by atoms with E-state index in [1.807, 2.05) is 73.3 Å². The first-order valence-corrected chi connectivity index (χ1v) is 32.6. The standard InChI is InChI=1S/C27H24F3N3O.C24H17F6N3O2S.C24H15F6N3O/c1-26(2,3)25(34)33-21-7-5-4-6-20(21)18-11-14-22-23(16-18)32-24(31-22)15-10-17-8-12-19(13-9-17)27(28,29)30;25-23(26,27)14-36(34,35)33-19-4-2-1-3-18(19)16-8-11-20-21(13-16)32-22(31-20)12-7-15-5-9-17(10-6-15)24(28,29)30;25-23(26,27)16-9-5-14(6-10-16)7-12-21-31-19-11-8-15(13-20(19)32-21)17-3-1-2-4-18(17)33-22(34)24(28,29)30/h4-16H,1-3H3,(H,31,32)(H,33,34);1-13,33H,14H2,(H,31,32);1-13H,(H,31,32)(H,33,34)/b15-10+;2*12-7+. The van der Waals surface area contributed by atoms with Gasteiger partial charge in [-0.05, 0) is 143 Å². The summed E-state index contributed by atoms with van der Waals surface area (Å²) in [6.07, 6.45) is -13.3. The summed E-state index contributed by atoms with van der Waals surface area (Å²) in [5.74, 6) is -2.72. The van der Waals surface area contributed by atoms with E-state index in [0.717, 1.165) is 64.2 Å². The number of nitrogens with zero attached hydrogens (tertiary/aromatic N) is 3. The van der Waals surface area contributed by atoms with Crippen molar-refractivity contribution in [3.8, 4) is 33.4 Å². The normalized spacial score (nSPS) is 12.6. The first-order valence-electron chi connectivity index (χ1n) is 30.9. The predicted molar refractivity (Wildman–Crippen MR) is 372 cm³/mol. The number of carbonyl (C=O) groups is 2. The van der Waals surface area contributed by atoms with Crippen molar-refractivity contribution >= 4 is 108 Å². The molecule has 0 saturated heterocycles. The van der Waals surface area contributed by atoms with Gasteiger partial charge in [-0.15, -0.1) is 0 Å². The summed E-state index contributed by atoms with van der Waals surface area (Å²) >= 11 is 0. The van der Waals surface area contributed by atoms with Crippen LogP contribution in [-0.2, 0) is 38.1 Å². The Bertz CT molecular complexity index is 5080. The summed E-state index contributed by atoms with van der Waals surface area (Å²) in [7, 11) is -4.67. The van der Waals surface area contributed by atoms with Crippen LogP contribution in [0.3, 0.4) is 0 Å². The molecular formula is C75H56F15N9O4S. The number of fused-ring (bicyclic) bond motifs is 3. The van der Waals surface area contributed by atoms with Crippen LogP contribution >= 0.6 is 0 Å². The maximum Gasteiger partial charge on any atom is 0.471 e. The molecule has 9 aromatic carbocycles. The van der Waals surface area contributed by atoms with Crippen molar-refractivity contribution < 1.29 is 83.9 Å². The molecule has 0 spiro atoms. The number of amides is 2. The van der Waals surface area contributed by atoms with E-state index in [-0.39, 0.29) is 17.3 Å².